The molecular weight excluding hydrogens is 178 g/mol. The zero-order valence-corrected chi connectivity index (χ0v) is 9.21. The van der Waals surface area contributed by atoms with Crippen LogP contribution in [-0.2, 0) is 9.53 Å². The van der Waals surface area contributed by atoms with Gasteiger partial charge in [0.25, 0.3) is 0 Å². The minimum atomic E-state index is -0.602. The summed E-state index contributed by atoms with van der Waals surface area (Å²) in [5.74, 6) is 0.379. The fourth-order valence-electron chi connectivity index (χ4n) is 2.05. The van der Waals surface area contributed by atoms with Gasteiger partial charge in [-0.25, -0.2) is 0 Å². The molecule has 3 nitrogen and oxygen atoms in total. The summed E-state index contributed by atoms with van der Waals surface area (Å²) >= 11 is 0. The Kier molecular flexibility index (Phi) is 4.08. The van der Waals surface area contributed by atoms with Crippen molar-refractivity contribution < 1.29 is 9.53 Å². The first kappa shape index (κ1) is 11.7. The summed E-state index contributed by atoms with van der Waals surface area (Å²) < 4.78 is 5.23. The number of carbonyl (C=O) groups is 1. The van der Waals surface area contributed by atoms with E-state index in [-0.39, 0.29) is 11.7 Å². The number of Topliss-reactive ketones (excluding diaryl/α,β-unsaturated/α-hetero) is 1. The van der Waals surface area contributed by atoms with Crippen LogP contribution in [0.4, 0.5) is 0 Å². The number of hydrogen-bond donors (Lipinski definition) is 1. The first-order valence-electron chi connectivity index (χ1n) is 5.55. The lowest BCUT2D eigenvalue weighted by Gasteiger charge is -2.34. The topological polar surface area (TPSA) is 52.3 Å². The lowest BCUT2D eigenvalue weighted by Crippen LogP contribution is -2.54. The summed E-state index contributed by atoms with van der Waals surface area (Å²) in [4.78, 5) is 12.1. The van der Waals surface area contributed by atoms with Gasteiger partial charge in [-0.1, -0.05) is 13.8 Å². The van der Waals surface area contributed by atoms with E-state index in [1.807, 2.05) is 0 Å². The van der Waals surface area contributed by atoms with E-state index in [1.54, 1.807) is 0 Å². The third kappa shape index (κ3) is 2.34. The average molecular weight is 199 g/mol. The van der Waals surface area contributed by atoms with E-state index in [0.29, 0.717) is 26.1 Å². The van der Waals surface area contributed by atoms with Gasteiger partial charge in [0, 0.05) is 19.1 Å². The Balaban J connectivity index is 2.64. The molecule has 0 unspecified atom stereocenters. The highest BCUT2D eigenvalue weighted by Gasteiger charge is 2.38. The van der Waals surface area contributed by atoms with Crippen molar-refractivity contribution >= 4 is 5.78 Å². The molecule has 0 aliphatic carbocycles. The largest absolute Gasteiger partial charge is 0.381 e. The van der Waals surface area contributed by atoms with Crippen molar-refractivity contribution in [1.29, 1.82) is 0 Å². The number of hydrogen-bond acceptors (Lipinski definition) is 3. The number of ketones is 1. The molecular formula is C11H21NO2. The van der Waals surface area contributed by atoms with Crippen molar-refractivity contribution in [2.75, 3.05) is 13.2 Å². The summed E-state index contributed by atoms with van der Waals surface area (Å²) in [6.45, 7) is 5.36. The molecule has 1 aliphatic rings. The second kappa shape index (κ2) is 4.89. The monoisotopic (exact) mass is 199 g/mol. The predicted octanol–water partition coefficient (Wildman–Crippen LogP) is 1.50. The third-order valence-electron chi connectivity index (χ3n) is 3.23. The molecule has 0 amide bonds. The van der Waals surface area contributed by atoms with Crippen LogP contribution >= 0.6 is 0 Å². The molecule has 1 aliphatic heterocycles. The highest BCUT2D eigenvalue weighted by molar-refractivity contribution is 5.90. The Morgan fingerprint density at radius 2 is 1.86 bits per heavy atom. The molecule has 1 saturated heterocycles. The molecule has 0 aromatic carbocycles. The van der Waals surface area contributed by atoms with Crippen molar-refractivity contribution in [2.24, 2.45) is 11.7 Å². The van der Waals surface area contributed by atoms with Crippen molar-refractivity contribution in [1.82, 2.24) is 0 Å². The van der Waals surface area contributed by atoms with E-state index >= 15 is 0 Å². The Bertz CT molecular complexity index is 193. The van der Waals surface area contributed by atoms with E-state index in [1.165, 1.54) is 0 Å². The van der Waals surface area contributed by atoms with Crippen LogP contribution in [-0.4, -0.2) is 24.5 Å². The number of ether oxygens (including phenoxy) is 1. The fourth-order valence-corrected chi connectivity index (χ4v) is 2.05. The van der Waals surface area contributed by atoms with E-state index < -0.39 is 5.54 Å². The molecule has 0 aromatic heterocycles. The standard InChI is InChI=1S/C11H21NO2/c1-3-9(4-2)10(13)11(12)5-7-14-8-6-11/h9H,3-8,12H2,1-2H3. The van der Waals surface area contributed by atoms with Crippen LogP contribution < -0.4 is 5.73 Å². The molecule has 0 bridgehead atoms. The van der Waals surface area contributed by atoms with Crippen LogP contribution in [0.5, 0.6) is 0 Å². The Morgan fingerprint density at radius 3 is 2.29 bits per heavy atom. The van der Waals surface area contributed by atoms with Gasteiger partial charge >= 0.3 is 0 Å². The molecule has 14 heavy (non-hydrogen) atoms. The highest BCUT2D eigenvalue weighted by atomic mass is 16.5. The predicted molar refractivity (Wildman–Crippen MR) is 56.1 cm³/mol. The van der Waals surface area contributed by atoms with Gasteiger partial charge in [-0.15, -0.1) is 0 Å². The quantitative estimate of drug-likeness (QED) is 0.746. The van der Waals surface area contributed by atoms with Crippen LogP contribution in [0.25, 0.3) is 0 Å². The fraction of sp³-hybridized carbons (Fsp3) is 0.909. The van der Waals surface area contributed by atoms with E-state index in [2.05, 4.69) is 13.8 Å². The zero-order chi connectivity index (χ0) is 10.6. The van der Waals surface area contributed by atoms with Crippen molar-refractivity contribution in [3.05, 3.63) is 0 Å². The second-order valence-electron chi connectivity index (χ2n) is 4.15. The maximum atomic E-state index is 12.1. The van der Waals surface area contributed by atoms with Gasteiger partial charge in [-0.05, 0) is 25.7 Å². The minimum Gasteiger partial charge on any atom is -0.381 e. The third-order valence-corrected chi connectivity index (χ3v) is 3.23. The first-order chi connectivity index (χ1) is 6.64. The van der Waals surface area contributed by atoms with Gasteiger partial charge in [0.1, 0.15) is 0 Å². The number of rotatable bonds is 4. The summed E-state index contributed by atoms with van der Waals surface area (Å²) in [5, 5.41) is 0. The van der Waals surface area contributed by atoms with Crippen LogP contribution in [0.2, 0.25) is 0 Å². The first-order valence-corrected chi connectivity index (χ1v) is 5.55. The highest BCUT2D eigenvalue weighted by Crippen LogP contribution is 2.25. The SMILES string of the molecule is CCC(CC)C(=O)C1(N)CCOCC1. The summed E-state index contributed by atoms with van der Waals surface area (Å²) in [5.41, 5.74) is 5.52. The Hall–Kier alpha value is -0.410. The molecule has 1 rings (SSSR count). The van der Waals surface area contributed by atoms with Gasteiger partial charge in [0.15, 0.2) is 5.78 Å². The molecule has 0 saturated carbocycles. The molecule has 82 valence electrons. The maximum absolute atomic E-state index is 12.1. The summed E-state index contributed by atoms with van der Waals surface area (Å²) in [7, 11) is 0. The van der Waals surface area contributed by atoms with Gasteiger partial charge in [-0.2, -0.15) is 0 Å². The molecule has 0 aromatic rings. The van der Waals surface area contributed by atoms with Crippen molar-refractivity contribution in [3.63, 3.8) is 0 Å². The Morgan fingerprint density at radius 1 is 1.36 bits per heavy atom. The summed E-state index contributed by atoms with van der Waals surface area (Å²) in [6, 6.07) is 0. The van der Waals surface area contributed by atoms with Crippen molar-refractivity contribution in [2.45, 2.75) is 45.1 Å². The molecule has 3 heteroatoms. The second-order valence-corrected chi connectivity index (χ2v) is 4.15. The van der Waals surface area contributed by atoms with E-state index in [4.69, 9.17) is 10.5 Å². The average Bonchev–Trinajstić information content (AvgIpc) is 2.20. The number of nitrogens with two attached hydrogens (primary N) is 1. The molecule has 0 atom stereocenters. The molecule has 1 heterocycles. The van der Waals surface area contributed by atoms with E-state index in [9.17, 15) is 4.79 Å². The van der Waals surface area contributed by atoms with Gasteiger partial charge in [-0.3, -0.25) is 4.79 Å². The normalized spacial score (nSPS) is 21.1. The maximum Gasteiger partial charge on any atom is 0.155 e. The van der Waals surface area contributed by atoms with Gasteiger partial charge in [0.2, 0.25) is 0 Å². The van der Waals surface area contributed by atoms with Gasteiger partial charge < -0.3 is 10.5 Å². The lowest BCUT2D eigenvalue weighted by molar-refractivity contribution is -0.131. The summed E-state index contributed by atoms with van der Waals surface area (Å²) in [6.07, 6.45) is 3.16. The molecule has 0 spiro atoms. The van der Waals surface area contributed by atoms with Crippen LogP contribution in [0.3, 0.4) is 0 Å². The van der Waals surface area contributed by atoms with Crippen LogP contribution in [0.15, 0.2) is 0 Å². The minimum absolute atomic E-state index is 0.137. The Labute approximate surface area is 86.0 Å². The number of carbonyl (C=O) groups excluding carboxylic acids is 1. The molecule has 2 N–H and O–H groups in total. The molecule has 0 radical (unpaired) electrons. The smallest absolute Gasteiger partial charge is 0.155 e. The van der Waals surface area contributed by atoms with Crippen LogP contribution in [0.1, 0.15) is 39.5 Å². The van der Waals surface area contributed by atoms with Crippen molar-refractivity contribution in [3.8, 4) is 0 Å². The lowest BCUT2D eigenvalue weighted by atomic mass is 9.79. The zero-order valence-electron chi connectivity index (χ0n) is 9.21. The van der Waals surface area contributed by atoms with Crippen LogP contribution in [0, 0.1) is 5.92 Å². The van der Waals surface area contributed by atoms with Gasteiger partial charge in [0.05, 0.1) is 5.54 Å². The van der Waals surface area contributed by atoms with E-state index in [0.717, 1.165) is 12.8 Å². The molecule has 1 fully saturated rings.